The van der Waals surface area contributed by atoms with E-state index in [9.17, 15) is 0 Å². The fourth-order valence-electron chi connectivity index (χ4n) is 1.75. The minimum absolute atomic E-state index is 0.792. The first-order chi connectivity index (χ1) is 7.65. The molecule has 0 aliphatic heterocycles. The van der Waals surface area contributed by atoms with E-state index in [2.05, 4.69) is 38.2 Å². The van der Waals surface area contributed by atoms with Crippen molar-refractivity contribution in [3.8, 4) is 0 Å². The summed E-state index contributed by atoms with van der Waals surface area (Å²) >= 11 is 0. The maximum absolute atomic E-state index is 5.54. The maximum Gasteiger partial charge on any atom is 0.0590 e. The number of hydrogen-bond acceptors (Lipinski definition) is 2. The highest BCUT2D eigenvalue weighted by Crippen LogP contribution is 2.15. The molecule has 16 heavy (non-hydrogen) atoms. The third-order valence-corrected chi connectivity index (χ3v) is 2.96. The summed E-state index contributed by atoms with van der Waals surface area (Å²) in [5.41, 5.74) is 5.53. The Labute approximate surface area is 99.0 Å². The van der Waals surface area contributed by atoms with Gasteiger partial charge >= 0.3 is 0 Å². The zero-order chi connectivity index (χ0) is 12.0. The number of benzene rings is 1. The molecule has 0 unspecified atom stereocenters. The van der Waals surface area contributed by atoms with E-state index in [-0.39, 0.29) is 0 Å². The number of nitrogens with one attached hydrogen (secondary N) is 1. The molecule has 1 N–H and O–H groups in total. The molecule has 0 aliphatic carbocycles. The lowest BCUT2D eigenvalue weighted by Crippen LogP contribution is -2.15. The van der Waals surface area contributed by atoms with Crippen molar-refractivity contribution in [3.05, 3.63) is 34.4 Å². The lowest BCUT2D eigenvalue weighted by Gasteiger charge is -2.10. The molecule has 0 atom stereocenters. The molecule has 0 amide bonds. The lowest BCUT2D eigenvalue weighted by molar-refractivity contribution is 0.140. The minimum atomic E-state index is 0.792. The van der Waals surface area contributed by atoms with Crippen molar-refractivity contribution in [2.75, 3.05) is 26.8 Å². The molecule has 0 saturated carbocycles. The quantitative estimate of drug-likeness (QED) is 0.745. The second kappa shape index (κ2) is 6.66. The molecule has 0 radical (unpaired) electrons. The molecule has 1 aromatic carbocycles. The van der Waals surface area contributed by atoms with E-state index < -0.39 is 0 Å². The van der Waals surface area contributed by atoms with Crippen LogP contribution in [0.15, 0.2) is 12.1 Å². The van der Waals surface area contributed by atoms with Gasteiger partial charge in [-0.1, -0.05) is 12.1 Å². The molecule has 0 bridgehead atoms. The standard InChI is InChI=1S/C14H23NO/c1-11-9-13(3)14(10-12(11)2)5-7-16-8-6-15-4/h9-10,15H,5-8H2,1-4H3. The Balaban J connectivity index is 2.45. The highest BCUT2D eigenvalue weighted by atomic mass is 16.5. The van der Waals surface area contributed by atoms with Crippen LogP contribution in [0.4, 0.5) is 0 Å². The monoisotopic (exact) mass is 221 g/mol. The maximum atomic E-state index is 5.54. The van der Waals surface area contributed by atoms with Gasteiger partial charge in [-0.2, -0.15) is 0 Å². The summed E-state index contributed by atoms with van der Waals surface area (Å²) in [6.45, 7) is 9.03. The van der Waals surface area contributed by atoms with Crippen LogP contribution in [-0.2, 0) is 11.2 Å². The summed E-state index contributed by atoms with van der Waals surface area (Å²) in [5.74, 6) is 0. The van der Waals surface area contributed by atoms with E-state index in [0.29, 0.717) is 0 Å². The van der Waals surface area contributed by atoms with Crippen LogP contribution >= 0.6 is 0 Å². The smallest absolute Gasteiger partial charge is 0.0590 e. The first-order valence-corrected chi connectivity index (χ1v) is 5.94. The first kappa shape index (κ1) is 13.2. The summed E-state index contributed by atoms with van der Waals surface area (Å²) in [6, 6.07) is 4.55. The Bertz CT molecular complexity index is 334. The van der Waals surface area contributed by atoms with Gasteiger partial charge in [0.2, 0.25) is 0 Å². The molecule has 0 heterocycles. The van der Waals surface area contributed by atoms with Gasteiger partial charge in [0.25, 0.3) is 0 Å². The van der Waals surface area contributed by atoms with Crippen LogP contribution in [0.5, 0.6) is 0 Å². The molecule has 90 valence electrons. The molecular weight excluding hydrogens is 198 g/mol. The van der Waals surface area contributed by atoms with Crippen molar-refractivity contribution >= 4 is 0 Å². The van der Waals surface area contributed by atoms with Gasteiger partial charge in [0.1, 0.15) is 0 Å². The topological polar surface area (TPSA) is 21.3 Å². The zero-order valence-electron chi connectivity index (χ0n) is 10.9. The first-order valence-electron chi connectivity index (χ1n) is 5.94. The Morgan fingerprint density at radius 3 is 2.38 bits per heavy atom. The van der Waals surface area contributed by atoms with Gasteiger partial charge in [-0.05, 0) is 56.5 Å². The van der Waals surface area contributed by atoms with Gasteiger partial charge < -0.3 is 10.1 Å². The van der Waals surface area contributed by atoms with E-state index in [1.807, 2.05) is 7.05 Å². The van der Waals surface area contributed by atoms with Gasteiger partial charge in [0, 0.05) is 6.54 Å². The fourth-order valence-corrected chi connectivity index (χ4v) is 1.75. The lowest BCUT2D eigenvalue weighted by atomic mass is 9.99. The van der Waals surface area contributed by atoms with E-state index in [1.165, 1.54) is 22.3 Å². The highest BCUT2D eigenvalue weighted by molar-refractivity contribution is 5.36. The van der Waals surface area contributed by atoms with Crippen LogP contribution in [0.25, 0.3) is 0 Å². The van der Waals surface area contributed by atoms with Crippen molar-refractivity contribution in [3.63, 3.8) is 0 Å². The predicted molar refractivity (Wildman–Crippen MR) is 69.1 cm³/mol. The molecule has 0 aliphatic rings. The molecular formula is C14H23NO. The van der Waals surface area contributed by atoms with Gasteiger partial charge in [-0.25, -0.2) is 0 Å². The largest absolute Gasteiger partial charge is 0.380 e. The van der Waals surface area contributed by atoms with Gasteiger partial charge in [0.05, 0.1) is 13.2 Å². The van der Waals surface area contributed by atoms with E-state index in [0.717, 1.165) is 26.2 Å². The van der Waals surface area contributed by atoms with Crippen molar-refractivity contribution in [1.82, 2.24) is 5.32 Å². The molecule has 0 saturated heterocycles. The van der Waals surface area contributed by atoms with E-state index in [1.54, 1.807) is 0 Å². The van der Waals surface area contributed by atoms with Crippen molar-refractivity contribution in [1.29, 1.82) is 0 Å². The average Bonchev–Trinajstić information content (AvgIpc) is 2.25. The van der Waals surface area contributed by atoms with Crippen molar-refractivity contribution in [2.24, 2.45) is 0 Å². The number of rotatable bonds is 6. The summed E-state index contributed by atoms with van der Waals surface area (Å²) in [4.78, 5) is 0. The molecule has 0 fully saturated rings. The van der Waals surface area contributed by atoms with Gasteiger partial charge in [-0.3, -0.25) is 0 Å². The highest BCUT2D eigenvalue weighted by Gasteiger charge is 2.01. The summed E-state index contributed by atoms with van der Waals surface area (Å²) in [5, 5.41) is 3.07. The van der Waals surface area contributed by atoms with Crippen LogP contribution in [0, 0.1) is 20.8 Å². The van der Waals surface area contributed by atoms with Crippen molar-refractivity contribution < 1.29 is 4.74 Å². The second-order valence-electron chi connectivity index (χ2n) is 4.33. The van der Waals surface area contributed by atoms with Crippen molar-refractivity contribution in [2.45, 2.75) is 27.2 Å². The van der Waals surface area contributed by atoms with Crippen LogP contribution < -0.4 is 5.32 Å². The molecule has 2 heteroatoms. The normalized spacial score (nSPS) is 10.8. The molecule has 1 rings (SSSR count). The third-order valence-electron chi connectivity index (χ3n) is 2.96. The minimum Gasteiger partial charge on any atom is -0.380 e. The van der Waals surface area contributed by atoms with Gasteiger partial charge in [0.15, 0.2) is 0 Å². The molecule has 2 nitrogen and oxygen atoms in total. The van der Waals surface area contributed by atoms with E-state index >= 15 is 0 Å². The number of likely N-dealkylation sites (N-methyl/N-ethyl adjacent to an activating group) is 1. The van der Waals surface area contributed by atoms with Crippen LogP contribution in [0.1, 0.15) is 22.3 Å². The molecule has 1 aromatic rings. The Hall–Kier alpha value is -0.860. The van der Waals surface area contributed by atoms with E-state index in [4.69, 9.17) is 4.74 Å². The van der Waals surface area contributed by atoms with Crippen LogP contribution in [0.2, 0.25) is 0 Å². The molecule has 0 aromatic heterocycles. The second-order valence-corrected chi connectivity index (χ2v) is 4.33. The third kappa shape index (κ3) is 3.95. The SMILES string of the molecule is CNCCOCCc1cc(C)c(C)cc1C. The Kier molecular flexibility index (Phi) is 5.50. The predicted octanol–water partition coefficient (Wildman–Crippen LogP) is 2.39. The van der Waals surface area contributed by atoms with Gasteiger partial charge in [-0.15, -0.1) is 0 Å². The zero-order valence-corrected chi connectivity index (χ0v) is 10.9. The summed E-state index contributed by atoms with van der Waals surface area (Å²) < 4.78 is 5.54. The number of hydrogen-bond donors (Lipinski definition) is 1. The fraction of sp³-hybridized carbons (Fsp3) is 0.571. The molecule has 0 spiro atoms. The number of ether oxygens (including phenoxy) is 1. The Morgan fingerprint density at radius 2 is 1.69 bits per heavy atom. The average molecular weight is 221 g/mol. The summed E-state index contributed by atoms with van der Waals surface area (Å²) in [7, 11) is 1.94. The summed E-state index contributed by atoms with van der Waals surface area (Å²) in [6.07, 6.45) is 1.01. The number of aryl methyl sites for hydroxylation is 3. The van der Waals surface area contributed by atoms with Crippen LogP contribution in [0.3, 0.4) is 0 Å². The Morgan fingerprint density at radius 1 is 1.00 bits per heavy atom. The van der Waals surface area contributed by atoms with Crippen LogP contribution in [-0.4, -0.2) is 26.8 Å².